The number of rotatable bonds is 2. The zero-order valence-corrected chi connectivity index (χ0v) is 11.0. The van der Waals surface area contributed by atoms with E-state index < -0.39 is 11.8 Å². The minimum Gasteiger partial charge on any atom is -0.369 e. The van der Waals surface area contributed by atoms with Crippen LogP contribution in [0.3, 0.4) is 0 Å². The van der Waals surface area contributed by atoms with Crippen LogP contribution in [-0.4, -0.2) is 18.4 Å². The molecule has 1 aromatic rings. The monoisotopic (exact) mass is 307 g/mol. The van der Waals surface area contributed by atoms with Crippen molar-refractivity contribution in [2.75, 3.05) is 11.4 Å². The van der Waals surface area contributed by atoms with Crippen molar-refractivity contribution in [1.82, 2.24) is 0 Å². The summed E-state index contributed by atoms with van der Waals surface area (Å²) in [5.41, 5.74) is 6.36. The summed E-state index contributed by atoms with van der Waals surface area (Å²) < 4.78 is 0.623. The molecule has 18 heavy (non-hydrogen) atoms. The molecule has 0 bridgehead atoms. The van der Waals surface area contributed by atoms with Crippen LogP contribution >= 0.6 is 15.9 Å². The lowest BCUT2D eigenvalue weighted by Crippen LogP contribution is -2.28. The van der Waals surface area contributed by atoms with E-state index in [1.165, 1.54) is 4.90 Å². The molecule has 6 heteroatoms. The number of anilines is 1. The molecule has 2 amide bonds. The molecule has 0 saturated carbocycles. The van der Waals surface area contributed by atoms with E-state index in [0.29, 0.717) is 22.3 Å². The average Bonchev–Trinajstić information content (AvgIpc) is 2.71. The summed E-state index contributed by atoms with van der Waals surface area (Å²) in [4.78, 5) is 24.4. The molecule has 1 aliphatic rings. The second-order valence-electron chi connectivity index (χ2n) is 4.08. The molecule has 0 aliphatic carbocycles. The molecule has 1 unspecified atom stereocenters. The van der Waals surface area contributed by atoms with Gasteiger partial charge in [-0.15, -0.1) is 0 Å². The maximum absolute atomic E-state index is 11.8. The van der Waals surface area contributed by atoms with Gasteiger partial charge < -0.3 is 10.6 Å². The third-order valence-corrected chi connectivity index (χ3v) is 3.57. The molecular formula is C12H10BrN3O2. The highest BCUT2D eigenvalue weighted by atomic mass is 79.9. The van der Waals surface area contributed by atoms with E-state index in [2.05, 4.69) is 15.9 Å². The van der Waals surface area contributed by atoms with Gasteiger partial charge in [0.1, 0.15) is 6.07 Å². The predicted molar refractivity (Wildman–Crippen MR) is 68.5 cm³/mol. The fraction of sp³-hybridized carbons (Fsp3) is 0.250. The van der Waals surface area contributed by atoms with Gasteiger partial charge in [0, 0.05) is 23.1 Å². The van der Waals surface area contributed by atoms with Gasteiger partial charge in [-0.05, 0) is 34.1 Å². The number of nitriles is 1. The lowest BCUT2D eigenvalue weighted by atomic mass is 10.1. The Balaban J connectivity index is 2.28. The summed E-state index contributed by atoms with van der Waals surface area (Å²) in [5.74, 6) is -1.03. The van der Waals surface area contributed by atoms with Crippen molar-refractivity contribution in [3.63, 3.8) is 0 Å². The number of benzene rings is 1. The number of halogens is 1. The Morgan fingerprint density at radius 2 is 2.28 bits per heavy atom. The number of hydrogen-bond acceptors (Lipinski definition) is 3. The van der Waals surface area contributed by atoms with E-state index in [9.17, 15) is 9.59 Å². The molecule has 5 nitrogen and oxygen atoms in total. The smallest absolute Gasteiger partial charge is 0.227 e. The molecule has 1 heterocycles. The first-order chi connectivity index (χ1) is 8.52. The first-order valence-corrected chi connectivity index (χ1v) is 6.11. The van der Waals surface area contributed by atoms with E-state index in [-0.39, 0.29) is 12.3 Å². The van der Waals surface area contributed by atoms with Gasteiger partial charge in [0.15, 0.2) is 0 Å². The summed E-state index contributed by atoms with van der Waals surface area (Å²) in [7, 11) is 0. The zero-order valence-electron chi connectivity index (χ0n) is 9.39. The van der Waals surface area contributed by atoms with Crippen molar-refractivity contribution in [2.45, 2.75) is 6.42 Å². The lowest BCUT2D eigenvalue weighted by molar-refractivity contribution is -0.123. The molecule has 2 rings (SSSR count). The van der Waals surface area contributed by atoms with Crippen molar-refractivity contribution in [1.29, 1.82) is 5.26 Å². The van der Waals surface area contributed by atoms with Gasteiger partial charge in [-0.3, -0.25) is 9.59 Å². The summed E-state index contributed by atoms with van der Waals surface area (Å²) in [6.45, 7) is 0.298. The molecule has 0 spiro atoms. The van der Waals surface area contributed by atoms with Gasteiger partial charge >= 0.3 is 0 Å². The number of nitrogens with two attached hydrogens (primary N) is 1. The van der Waals surface area contributed by atoms with Crippen LogP contribution in [0.25, 0.3) is 0 Å². The third kappa shape index (κ3) is 2.22. The van der Waals surface area contributed by atoms with E-state index in [4.69, 9.17) is 11.0 Å². The molecular weight excluding hydrogens is 298 g/mol. The van der Waals surface area contributed by atoms with E-state index in [1.807, 2.05) is 6.07 Å². The molecule has 1 aliphatic heterocycles. The predicted octanol–water partition coefficient (Wildman–Crippen LogP) is 1.16. The zero-order chi connectivity index (χ0) is 13.3. The Kier molecular flexibility index (Phi) is 3.34. The number of hydrogen-bond donors (Lipinski definition) is 1. The summed E-state index contributed by atoms with van der Waals surface area (Å²) in [6, 6.07) is 7.04. The topological polar surface area (TPSA) is 87.2 Å². The SMILES string of the molecule is N#Cc1ccc(N2CC(C(N)=O)CC2=O)cc1Br. The fourth-order valence-corrected chi connectivity index (χ4v) is 2.37. The first kappa shape index (κ1) is 12.6. The number of amides is 2. The molecule has 1 aromatic carbocycles. The minimum atomic E-state index is -0.460. The number of carbonyl (C=O) groups excluding carboxylic acids is 2. The largest absolute Gasteiger partial charge is 0.369 e. The van der Waals surface area contributed by atoms with Gasteiger partial charge in [-0.2, -0.15) is 5.26 Å². The minimum absolute atomic E-state index is 0.129. The van der Waals surface area contributed by atoms with E-state index in [0.717, 1.165) is 0 Å². The van der Waals surface area contributed by atoms with Crippen LogP contribution in [0, 0.1) is 17.2 Å². The molecule has 92 valence electrons. The fourth-order valence-electron chi connectivity index (χ4n) is 1.91. The highest BCUT2D eigenvalue weighted by Gasteiger charge is 2.33. The van der Waals surface area contributed by atoms with Crippen molar-refractivity contribution >= 4 is 33.4 Å². The number of carbonyl (C=O) groups is 2. The van der Waals surface area contributed by atoms with Crippen molar-refractivity contribution < 1.29 is 9.59 Å². The van der Waals surface area contributed by atoms with Gasteiger partial charge in [-0.1, -0.05) is 0 Å². The van der Waals surface area contributed by atoms with Crippen LogP contribution in [0.1, 0.15) is 12.0 Å². The molecule has 2 N–H and O–H groups in total. The summed E-state index contributed by atoms with van der Waals surface area (Å²) in [6.07, 6.45) is 0.146. The van der Waals surface area contributed by atoms with Gasteiger partial charge in [0.2, 0.25) is 11.8 Å². The van der Waals surface area contributed by atoms with Crippen LogP contribution in [0.5, 0.6) is 0 Å². The lowest BCUT2D eigenvalue weighted by Gasteiger charge is -2.16. The van der Waals surface area contributed by atoms with E-state index in [1.54, 1.807) is 18.2 Å². The quantitative estimate of drug-likeness (QED) is 0.889. The molecule has 1 saturated heterocycles. The van der Waals surface area contributed by atoms with Crippen LogP contribution in [0.15, 0.2) is 22.7 Å². The number of primary amides is 1. The standard InChI is InChI=1S/C12H10BrN3O2/c13-10-4-9(2-1-7(10)5-14)16-6-8(12(15)18)3-11(16)17/h1-2,4,8H,3,6H2,(H2,15,18). The second kappa shape index (κ2) is 4.78. The van der Waals surface area contributed by atoms with Crippen molar-refractivity contribution in [2.24, 2.45) is 11.7 Å². The average molecular weight is 308 g/mol. The second-order valence-corrected chi connectivity index (χ2v) is 4.94. The summed E-state index contributed by atoms with van der Waals surface area (Å²) >= 11 is 3.27. The molecule has 1 atom stereocenters. The first-order valence-electron chi connectivity index (χ1n) is 5.32. The van der Waals surface area contributed by atoms with Gasteiger partial charge in [-0.25, -0.2) is 0 Å². The van der Waals surface area contributed by atoms with Crippen LogP contribution in [0.2, 0.25) is 0 Å². The number of nitrogens with zero attached hydrogens (tertiary/aromatic N) is 2. The van der Waals surface area contributed by atoms with Crippen LogP contribution in [-0.2, 0) is 9.59 Å². The van der Waals surface area contributed by atoms with E-state index >= 15 is 0 Å². The highest BCUT2D eigenvalue weighted by molar-refractivity contribution is 9.10. The highest BCUT2D eigenvalue weighted by Crippen LogP contribution is 2.28. The summed E-state index contributed by atoms with van der Waals surface area (Å²) in [5, 5.41) is 8.82. The van der Waals surface area contributed by atoms with Crippen LogP contribution in [0.4, 0.5) is 5.69 Å². The van der Waals surface area contributed by atoms with Gasteiger partial charge in [0.25, 0.3) is 0 Å². The maximum atomic E-state index is 11.8. The Hall–Kier alpha value is -1.87. The third-order valence-electron chi connectivity index (χ3n) is 2.91. The Morgan fingerprint density at radius 1 is 1.56 bits per heavy atom. The molecule has 0 radical (unpaired) electrons. The molecule has 0 aromatic heterocycles. The normalized spacial score (nSPS) is 18.8. The van der Waals surface area contributed by atoms with Crippen molar-refractivity contribution in [3.8, 4) is 6.07 Å². The Bertz CT molecular complexity index is 565. The molecule has 1 fully saturated rings. The maximum Gasteiger partial charge on any atom is 0.227 e. The van der Waals surface area contributed by atoms with Gasteiger partial charge in [0.05, 0.1) is 11.5 Å². The Morgan fingerprint density at radius 3 is 2.78 bits per heavy atom. The van der Waals surface area contributed by atoms with Crippen LogP contribution < -0.4 is 10.6 Å². The Labute approximate surface area is 112 Å². The van der Waals surface area contributed by atoms with Crippen molar-refractivity contribution in [3.05, 3.63) is 28.2 Å².